The average molecular weight is 284 g/mol. The molecular formula is C14H8N2O3S. The summed E-state index contributed by atoms with van der Waals surface area (Å²) in [6.45, 7) is 0. The molecule has 2 aromatic carbocycles. The van der Waals surface area contributed by atoms with Gasteiger partial charge in [0.2, 0.25) is 0 Å². The van der Waals surface area contributed by atoms with Gasteiger partial charge in [-0.3, -0.25) is 4.79 Å². The molecule has 0 saturated heterocycles. The lowest BCUT2D eigenvalue weighted by Gasteiger charge is -2.06. The number of nitrogens with zero attached hydrogens (tertiary/aromatic N) is 2. The molecule has 0 saturated carbocycles. The molecule has 98 valence electrons. The van der Waals surface area contributed by atoms with E-state index in [-0.39, 0.29) is 5.56 Å². The van der Waals surface area contributed by atoms with Gasteiger partial charge in [-0.15, -0.1) is 0 Å². The van der Waals surface area contributed by atoms with Gasteiger partial charge < -0.3 is 0 Å². The van der Waals surface area contributed by atoms with E-state index in [4.69, 9.17) is 0 Å². The Morgan fingerprint density at radius 3 is 1.90 bits per heavy atom. The van der Waals surface area contributed by atoms with Gasteiger partial charge in [0.1, 0.15) is 0 Å². The number of pyridine rings is 1. The number of benzene rings is 2. The molecule has 0 atom stereocenters. The molecule has 0 unspecified atom stereocenters. The Labute approximate surface area is 115 Å². The number of carbonyl (C=O) groups is 1. The summed E-state index contributed by atoms with van der Waals surface area (Å²) in [5.41, 5.74) is 1.51. The molecule has 6 heteroatoms. The van der Waals surface area contributed by atoms with Crippen molar-refractivity contribution in [2.75, 3.05) is 0 Å². The van der Waals surface area contributed by atoms with Crippen molar-refractivity contribution in [1.82, 2.24) is 4.98 Å². The summed E-state index contributed by atoms with van der Waals surface area (Å²) in [5, 5.41) is 1.18. The first-order valence-corrected chi connectivity index (χ1v) is 6.83. The third-order valence-electron chi connectivity index (χ3n) is 2.96. The fourth-order valence-corrected chi connectivity index (χ4v) is 2.41. The molecule has 0 aliphatic heterocycles. The van der Waals surface area contributed by atoms with Crippen molar-refractivity contribution in [2.45, 2.75) is 0 Å². The summed E-state index contributed by atoms with van der Waals surface area (Å²) < 4.78 is 24.4. The molecule has 3 aromatic rings. The lowest BCUT2D eigenvalue weighted by Crippen LogP contribution is -1.99. The molecule has 0 radical (unpaired) electrons. The molecule has 20 heavy (non-hydrogen) atoms. The molecule has 0 bridgehead atoms. The highest BCUT2D eigenvalue weighted by Gasteiger charge is 2.15. The highest BCUT2D eigenvalue weighted by molar-refractivity contribution is 7.62. The Kier molecular flexibility index (Phi) is 3.00. The van der Waals surface area contributed by atoms with Crippen molar-refractivity contribution < 1.29 is 13.2 Å². The zero-order chi connectivity index (χ0) is 14.1. The number of amides is 1. The molecule has 1 amide bonds. The van der Waals surface area contributed by atoms with E-state index >= 15 is 0 Å². The predicted molar refractivity (Wildman–Crippen MR) is 74.9 cm³/mol. The SMILES string of the molecule is O=C(N=S(=O)=O)c1c2ccccc2nc2ccccc12. The third kappa shape index (κ3) is 2.06. The van der Waals surface area contributed by atoms with E-state index in [1.807, 2.05) is 0 Å². The Balaban J connectivity index is 2.51. The molecule has 5 nitrogen and oxygen atoms in total. The van der Waals surface area contributed by atoms with Crippen LogP contribution in [0.5, 0.6) is 0 Å². The first kappa shape index (κ1) is 12.4. The first-order chi connectivity index (χ1) is 9.66. The minimum atomic E-state index is -2.78. The molecule has 0 fully saturated rings. The van der Waals surface area contributed by atoms with Crippen LogP contribution in [0.4, 0.5) is 0 Å². The van der Waals surface area contributed by atoms with Crippen LogP contribution in [0.2, 0.25) is 0 Å². The topological polar surface area (TPSA) is 76.5 Å². The van der Waals surface area contributed by atoms with Crippen LogP contribution in [0.15, 0.2) is 52.9 Å². The second-order valence-corrected chi connectivity index (χ2v) is 4.75. The highest BCUT2D eigenvalue weighted by atomic mass is 32.2. The fraction of sp³-hybridized carbons (Fsp3) is 0. The molecule has 1 aromatic heterocycles. The number of carbonyl (C=O) groups excluding carboxylic acids is 1. The number of fused-ring (bicyclic) bond motifs is 2. The summed E-state index contributed by atoms with van der Waals surface area (Å²) in [7, 11) is -2.78. The normalized spacial score (nSPS) is 10.6. The lowest BCUT2D eigenvalue weighted by molar-refractivity contribution is 0.101. The Morgan fingerprint density at radius 1 is 0.900 bits per heavy atom. The maximum atomic E-state index is 12.1. The Morgan fingerprint density at radius 2 is 1.40 bits per heavy atom. The molecule has 0 N–H and O–H groups in total. The number of hydrogen-bond donors (Lipinski definition) is 0. The smallest absolute Gasteiger partial charge is 0.266 e. The highest BCUT2D eigenvalue weighted by Crippen LogP contribution is 2.26. The molecule has 0 aliphatic carbocycles. The number of rotatable bonds is 1. The van der Waals surface area contributed by atoms with Crippen molar-refractivity contribution in [3.63, 3.8) is 0 Å². The monoisotopic (exact) mass is 284 g/mol. The zero-order valence-electron chi connectivity index (χ0n) is 10.1. The van der Waals surface area contributed by atoms with Gasteiger partial charge in [-0.05, 0) is 12.1 Å². The van der Waals surface area contributed by atoms with E-state index in [0.29, 0.717) is 21.8 Å². The second-order valence-electron chi connectivity index (χ2n) is 4.13. The first-order valence-electron chi connectivity index (χ1n) is 5.80. The minimum absolute atomic E-state index is 0.260. The van der Waals surface area contributed by atoms with Crippen molar-refractivity contribution in [3.05, 3.63) is 54.1 Å². The predicted octanol–water partition coefficient (Wildman–Crippen LogP) is 2.59. The van der Waals surface area contributed by atoms with Gasteiger partial charge >= 0.3 is 10.5 Å². The summed E-state index contributed by atoms with van der Waals surface area (Å²) >= 11 is 0. The summed E-state index contributed by atoms with van der Waals surface area (Å²) in [4.78, 5) is 16.5. The van der Waals surface area contributed by atoms with Gasteiger partial charge in [0.05, 0.1) is 16.6 Å². The van der Waals surface area contributed by atoms with E-state index in [0.717, 1.165) is 0 Å². The van der Waals surface area contributed by atoms with E-state index in [9.17, 15) is 13.2 Å². The van der Waals surface area contributed by atoms with Gasteiger partial charge in [0, 0.05) is 10.8 Å². The third-order valence-corrected chi connectivity index (χ3v) is 3.27. The fourth-order valence-electron chi connectivity index (χ4n) is 2.18. The number of para-hydroxylation sites is 2. The van der Waals surface area contributed by atoms with Gasteiger partial charge in [-0.25, -0.2) is 4.98 Å². The Hall–Kier alpha value is -2.60. The van der Waals surface area contributed by atoms with Gasteiger partial charge in [-0.1, -0.05) is 40.8 Å². The number of hydrogen-bond acceptors (Lipinski definition) is 4. The quantitative estimate of drug-likeness (QED) is 0.643. The molecular weight excluding hydrogens is 276 g/mol. The van der Waals surface area contributed by atoms with Crippen LogP contribution in [0.1, 0.15) is 10.4 Å². The second kappa shape index (κ2) is 4.82. The standard InChI is InChI=1S/C14H8N2O3S/c17-14(16-20(18)19)13-9-5-1-3-7-11(9)15-12-8-4-2-6-10(12)13/h1-8H. The molecule has 1 heterocycles. The summed E-state index contributed by atoms with van der Waals surface area (Å²) in [6.07, 6.45) is 0. The van der Waals surface area contributed by atoms with Gasteiger partial charge in [0.15, 0.2) is 0 Å². The van der Waals surface area contributed by atoms with Crippen LogP contribution in [0.25, 0.3) is 21.8 Å². The van der Waals surface area contributed by atoms with Crippen molar-refractivity contribution >= 4 is 38.2 Å². The maximum absolute atomic E-state index is 12.1. The van der Waals surface area contributed by atoms with Gasteiger partial charge in [-0.2, -0.15) is 8.42 Å². The maximum Gasteiger partial charge on any atom is 0.319 e. The lowest BCUT2D eigenvalue weighted by atomic mass is 10.0. The molecule has 0 spiro atoms. The zero-order valence-corrected chi connectivity index (χ0v) is 11.0. The van der Waals surface area contributed by atoms with Crippen LogP contribution in [-0.4, -0.2) is 19.3 Å². The summed E-state index contributed by atoms with van der Waals surface area (Å²) in [6, 6.07) is 14.1. The van der Waals surface area contributed by atoms with Crippen molar-refractivity contribution in [3.8, 4) is 0 Å². The van der Waals surface area contributed by atoms with Crippen LogP contribution < -0.4 is 0 Å². The van der Waals surface area contributed by atoms with Crippen molar-refractivity contribution in [1.29, 1.82) is 0 Å². The average Bonchev–Trinajstić information content (AvgIpc) is 2.43. The van der Waals surface area contributed by atoms with Crippen LogP contribution in [0.3, 0.4) is 0 Å². The van der Waals surface area contributed by atoms with Crippen LogP contribution >= 0.6 is 0 Å². The van der Waals surface area contributed by atoms with Crippen molar-refractivity contribution in [2.24, 2.45) is 4.36 Å². The van der Waals surface area contributed by atoms with E-state index in [1.54, 1.807) is 48.5 Å². The van der Waals surface area contributed by atoms with Crippen LogP contribution in [-0.2, 0) is 10.5 Å². The number of aromatic nitrogens is 1. The minimum Gasteiger partial charge on any atom is -0.266 e. The van der Waals surface area contributed by atoms with E-state index in [2.05, 4.69) is 9.35 Å². The van der Waals surface area contributed by atoms with E-state index < -0.39 is 16.4 Å². The largest absolute Gasteiger partial charge is 0.319 e. The summed E-state index contributed by atoms with van der Waals surface area (Å²) in [5.74, 6) is -0.784. The van der Waals surface area contributed by atoms with Gasteiger partial charge in [0.25, 0.3) is 5.91 Å². The van der Waals surface area contributed by atoms with Crippen LogP contribution in [0, 0.1) is 0 Å². The Bertz CT molecular complexity index is 916. The molecule has 3 rings (SSSR count). The van der Waals surface area contributed by atoms with E-state index in [1.165, 1.54) is 0 Å². The molecule has 0 aliphatic rings.